The third-order valence-electron chi connectivity index (χ3n) is 3.25. The Morgan fingerprint density at radius 3 is 2.36 bits per heavy atom. The summed E-state index contributed by atoms with van der Waals surface area (Å²) >= 11 is 11.9. The SMILES string of the molecule is COc1ccc(C(=O)O[C@H](C)C(=O)Nc2c(Cl)cccc2Cl)cc1F. The van der Waals surface area contributed by atoms with Crippen LogP contribution in [0.3, 0.4) is 0 Å². The molecule has 25 heavy (non-hydrogen) atoms. The van der Waals surface area contributed by atoms with Crippen LogP contribution < -0.4 is 10.1 Å². The summed E-state index contributed by atoms with van der Waals surface area (Å²) in [4.78, 5) is 24.2. The number of methoxy groups -OCH3 is 1. The Morgan fingerprint density at radius 1 is 1.16 bits per heavy atom. The van der Waals surface area contributed by atoms with Crippen molar-refractivity contribution in [2.24, 2.45) is 0 Å². The number of esters is 1. The van der Waals surface area contributed by atoms with Gasteiger partial charge in [0.1, 0.15) is 0 Å². The van der Waals surface area contributed by atoms with E-state index in [9.17, 15) is 14.0 Å². The molecule has 1 amide bonds. The largest absolute Gasteiger partial charge is 0.494 e. The number of anilines is 1. The van der Waals surface area contributed by atoms with Crippen LogP contribution in [0, 0.1) is 5.82 Å². The molecule has 2 rings (SSSR count). The number of benzene rings is 2. The number of rotatable bonds is 5. The lowest BCUT2D eigenvalue weighted by molar-refractivity contribution is -0.123. The first-order chi connectivity index (χ1) is 11.8. The summed E-state index contributed by atoms with van der Waals surface area (Å²) in [6.45, 7) is 1.37. The molecule has 0 saturated heterocycles. The zero-order valence-corrected chi connectivity index (χ0v) is 14.8. The van der Waals surface area contributed by atoms with Crippen LogP contribution in [-0.2, 0) is 9.53 Å². The van der Waals surface area contributed by atoms with Gasteiger partial charge in [-0.25, -0.2) is 9.18 Å². The zero-order chi connectivity index (χ0) is 18.6. The van der Waals surface area contributed by atoms with E-state index in [0.717, 1.165) is 6.07 Å². The van der Waals surface area contributed by atoms with Gasteiger partial charge in [-0.05, 0) is 37.3 Å². The average Bonchev–Trinajstić information content (AvgIpc) is 2.57. The topological polar surface area (TPSA) is 64.6 Å². The van der Waals surface area contributed by atoms with E-state index in [0.29, 0.717) is 0 Å². The number of amides is 1. The van der Waals surface area contributed by atoms with Gasteiger partial charge in [0, 0.05) is 0 Å². The first-order valence-corrected chi connectivity index (χ1v) is 7.88. The van der Waals surface area contributed by atoms with Crippen LogP contribution in [0.2, 0.25) is 10.0 Å². The maximum Gasteiger partial charge on any atom is 0.339 e. The van der Waals surface area contributed by atoms with Gasteiger partial charge in [-0.15, -0.1) is 0 Å². The molecule has 0 aromatic heterocycles. The molecule has 0 fully saturated rings. The quantitative estimate of drug-likeness (QED) is 0.778. The van der Waals surface area contributed by atoms with E-state index in [2.05, 4.69) is 5.32 Å². The van der Waals surface area contributed by atoms with Crippen LogP contribution in [0.4, 0.5) is 10.1 Å². The molecule has 0 radical (unpaired) electrons. The minimum Gasteiger partial charge on any atom is -0.494 e. The van der Waals surface area contributed by atoms with Crippen molar-refractivity contribution in [2.75, 3.05) is 12.4 Å². The fraction of sp³-hybridized carbons (Fsp3) is 0.176. The van der Waals surface area contributed by atoms with E-state index < -0.39 is 23.8 Å². The smallest absolute Gasteiger partial charge is 0.339 e. The van der Waals surface area contributed by atoms with E-state index >= 15 is 0 Å². The predicted octanol–water partition coefficient (Wildman–Crippen LogP) is 4.33. The monoisotopic (exact) mass is 385 g/mol. The number of halogens is 3. The highest BCUT2D eigenvalue weighted by molar-refractivity contribution is 6.39. The Kier molecular flexibility index (Phi) is 6.22. The molecule has 132 valence electrons. The molecular weight excluding hydrogens is 372 g/mol. The minimum absolute atomic E-state index is 0.00398. The minimum atomic E-state index is -1.15. The molecule has 0 heterocycles. The lowest BCUT2D eigenvalue weighted by Gasteiger charge is -2.15. The van der Waals surface area contributed by atoms with Crippen molar-refractivity contribution in [1.29, 1.82) is 0 Å². The van der Waals surface area contributed by atoms with Crippen LogP contribution in [0.15, 0.2) is 36.4 Å². The van der Waals surface area contributed by atoms with Gasteiger partial charge in [-0.2, -0.15) is 0 Å². The van der Waals surface area contributed by atoms with Crippen LogP contribution in [-0.4, -0.2) is 25.1 Å². The highest BCUT2D eigenvalue weighted by Gasteiger charge is 2.21. The Morgan fingerprint density at radius 2 is 1.80 bits per heavy atom. The van der Waals surface area contributed by atoms with Crippen molar-refractivity contribution < 1.29 is 23.5 Å². The molecule has 0 bridgehead atoms. The number of hydrogen-bond acceptors (Lipinski definition) is 4. The Labute approximate surface area is 153 Å². The number of ether oxygens (including phenoxy) is 2. The second-order valence-electron chi connectivity index (χ2n) is 4.98. The molecule has 0 aliphatic carbocycles. The van der Waals surface area contributed by atoms with Crippen molar-refractivity contribution in [1.82, 2.24) is 0 Å². The van der Waals surface area contributed by atoms with Gasteiger partial charge >= 0.3 is 5.97 Å². The van der Waals surface area contributed by atoms with E-state index in [1.165, 1.54) is 26.2 Å². The molecule has 0 aliphatic rings. The fourth-order valence-electron chi connectivity index (χ4n) is 1.92. The van der Waals surface area contributed by atoms with E-state index in [1.54, 1.807) is 18.2 Å². The average molecular weight is 386 g/mol. The molecular formula is C17H14Cl2FNO4. The van der Waals surface area contributed by atoms with Gasteiger partial charge in [-0.1, -0.05) is 29.3 Å². The normalized spacial score (nSPS) is 11.6. The lowest BCUT2D eigenvalue weighted by Crippen LogP contribution is -2.30. The van der Waals surface area contributed by atoms with E-state index in [-0.39, 0.29) is 27.0 Å². The lowest BCUT2D eigenvalue weighted by atomic mass is 10.2. The van der Waals surface area contributed by atoms with E-state index in [1.807, 2.05) is 0 Å². The summed E-state index contributed by atoms with van der Waals surface area (Å²) in [6, 6.07) is 8.33. The summed E-state index contributed by atoms with van der Waals surface area (Å²) < 4.78 is 23.4. The van der Waals surface area contributed by atoms with Crippen molar-refractivity contribution in [3.8, 4) is 5.75 Å². The number of nitrogens with one attached hydrogen (secondary N) is 1. The van der Waals surface area contributed by atoms with Gasteiger partial charge in [0.2, 0.25) is 0 Å². The molecule has 8 heteroatoms. The van der Waals surface area contributed by atoms with Crippen LogP contribution >= 0.6 is 23.2 Å². The molecule has 0 spiro atoms. The van der Waals surface area contributed by atoms with Crippen LogP contribution in [0.25, 0.3) is 0 Å². The molecule has 0 unspecified atom stereocenters. The van der Waals surface area contributed by atoms with Crippen LogP contribution in [0.1, 0.15) is 17.3 Å². The molecule has 5 nitrogen and oxygen atoms in total. The second-order valence-corrected chi connectivity index (χ2v) is 5.80. The number of hydrogen-bond donors (Lipinski definition) is 1. The van der Waals surface area contributed by atoms with Crippen molar-refractivity contribution in [3.05, 3.63) is 57.8 Å². The van der Waals surface area contributed by atoms with Crippen molar-refractivity contribution in [3.63, 3.8) is 0 Å². The van der Waals surface area contributed by atoms with Crippen LogP contribution in [0.5, 0.6) is 5.75 Å². The highest BCUT2D eigenvalue weighted by atomic mass is 35.5. The summed E-state index contributed by atoms with van der Waals surface area (Å²) in [5.74, 6) is -2.20. The predicted molar refractivity (Wildman–Crippen MR) is 92.9 cm³/mol. The summed E-state index contributed by atoms with van der Waals surface area (Å²) in [5.41, 5.74) is 0.169. The van der Waals surface area contributed by atoms with Gasteiger partial charge in [0.15, 0.2) is 17.7 Å². The fourth-order valence-corrected chi connectivity index (χ4v) is 2.41. The molecule has 2 aromatic carbocycles. The summed E-state index contributed by atoms with van der Waals surface area (Å²) in [5, 5.41) is 2.98. The number of para-hydroxylation sites is 1. The maximum absolute atomic E-state index is 13.6. The Balaban J connectivity index is 2.05. The van der Waals surface area contributed by atoms with E-state index in [4.69, 9.17) is 32.7 Å². The number of carbonyl (C=O) groups is 2. The standard InChI is InChI=1S/C17H14Cl2FNO4/c1-9(16(22)21-15-11(18)4-3-5-12(15)19)25-17(23)10-6-7-14(24-2)13(20)8-10/h3-9H,1-2H3,(H,21,22)/t9-/m1/s1. The highest BCUT2D eigenvalue weighted by Crippen LogP contribution is 2.30. The van der Waals surface area contributed by atoms with Gasteiger partial charge < -0.3 is 14.8 Å². The third-order valence-corrected chi connectivity index (χ3v) is 3.88. The molecule has 1 N–H and O–H groups in total. The van der Waals surface area contributed by atoms with Gasteiger partial charge in [0.25, 0.3) is 5.91 Å². The first kappa shape index (κ1) is 19.0. The maximum atomic E-state index is 13.6. The van der Waals surface area contributed by atoms with Gasteiger partial charge in [0.05, 0.1) is 28.4 Å². The summed E-state index contributed by atoms with van der Waals surface area (Å²) in [7, 11) is 1.31. The molecule has 1 atom stereocenters. The first-order valence-electron chi connectivity index (χ1n) is 7.13. The zero-order valence-electron chi connectivity index (χ0n) is 13.3. The third kappa shape index (κ3) is 4.61. The Hall–Kier alpha value is -2.31. The van der Waals surface area contributed by atoms with Crippen molar-refractivity contribution in [2.45, 2.75) is 13.0 Å². The molecule has 0 aliphatic heterocycles. The molecule has 0 saturated carbocycles. The van der Waals surface area contributed by atoms with Gasteiger partial charge in [-0.3, -0.25) is 4.79 Å². The second kappa shape index (κ2) is 8.18. The van der Waals surface area contributed by atoms with Crippen molar-refractivity contribution >= 4 is 40.8 Å². The molecule has 2 aromatic rings. The number of carbonyl (C=O) groups excluding carboxylic acids is 2. The summed E-state index contributed by atoms with van der Waals surface area (Å²) in [6.07, 6.45) is -1.15. The Bertz CT molecular complexity index is 793.